The topological polar surface area (TPSA) is 79.5 Å². The number of carbonyl (C=O) groups excluding carboxylic acids is 2. The summed E-state index contributed by atoms with van der Waals surface area (Å²) in [6.45, 7) is 0.311. The zero-order chi connectivity index (χ0) is 24.5. The molecule has 0 atom stereocenters. The number of thiocarbonyl (C=S) groups is 1. The van der Waals surface area contributed by atoms with Crippen molar-refractivity contribution >= 4 is 69.6 Å². The van der Waals surface area contributed by atoms with Crippen LogP contribution in [-0.2, 0) is 4.79 Å². The number of halogens is 3. The third-order valence-corrected chi connectivity index (χ3v) is 6.43. The Hall–Kier alpha value is -2.06. The van der Waals surface area contributed by atoms with Crippen molar-refractivity contribution in [3.8, 4) is 5.75 Å². The van der Waals surface area contributed by atoms with Crippen LogP contribution in [0.1, 0.15) is 55.3 Å². The van der Waals surface area contributed by atoms with Crippen LogP contribution >= 0.6 is 47.0 Å². The Morgan fingerprint density at radius 1 is 1.00 bits per heavy atom. The van der Waals surface area contributed by atoms with Crippen molar-refractivity contribution in [2.24, 2.45) is 0 Å². The Kier molecular flexibility index (Phi) is 10.3. The fourth-order valence-electron chi connectivity index (χ4n) is 3.65. The van der Waals surface area contributed by atoms with E-state index in [1.54, 1.807) is 36.4 Å². The van der Waals surface area contributed by atoms with Gasteiger partial charge in [-0.2, -0.15) is 0 Å². The third-order valence-electron chi connectivity index (χ3n) is 5.36. The first-order valence-electron chi connectivity index (χ1n) is 11.1. The second-order valence-corrected chi connectivity index (χ2v) is 9.69. The minimum atomic E-state index is -0.257. The summed E-state index contributed by atoms with van der Waals surface area (Å²) < 4.78 is 5.57. The van der Waals surface area contributed by atoms with Crippen molar-refractivity contribution in [2.75, 3.05) is 11.9 Å². The minimum Gasteiger partial charge on any atom is -0.492 e. The molecule has 0 aliphatic heterocycles. The maximum atomic E-state index is 12.7. The standard InChI is InChI=1S/C24H26Cl3N3O3S/c25-15-8-11-21(20(27)13-15)33-12-4-7-22(31)30-24(34)29-17-9-10-19(26)18(14-17)23(32)28-16-5-2-1-3-6-16/h8-11,13-14,16H,1-7,12H2,(H,28,32)(H2,29,30,31,34). The fraction of sp³-hybridized carbons (Fsp3) is 0.375. The summed E-state index contributed by atoms with van der Waals surface area (Å²) in [6.07, 6.45) is 6.09. The first-order valence-corrected chi connectivity index (χ1v) is 12.6. The molecule has 10 heteroatoms. The largest absolute Gasteiger partial charge is 0.492 e. The lowest BCUT2D eigenvalue weighted by molar-refractivity contribution is -0.119. The first kappa shape index (κ1) is 26.5. The van der Waals surface area contributed by atoms with E-state index in [0.29, 0.717) is 45.1 Å². The van der Waals surface area contributed by atoms with E-state index in [2.05, 4.69) is 16.0 Å². The summed E-state index contributed by atoms with van der Waals surface area (Å²) in [7, 11) is 0. The molecule has 182 valence electrons. The predicted octanol–water partition coefficient (Wildman–Crippen LogP) is 6.38. The van der Waals surface area contributed by atoms with Crippen molar-refractivity contribution in [3.05, 3.63) is 57.0 Å². The molecule has 0 saturated heterocycles. The maximum absolute atomic E-state index is 12.7. The molecule has 1 saturated carbocycles. The molecule has 1 aliphatic carbocycles. The molecule has 0 aromatic heterocycles. The van der Waals surface area contributed by atoms with E-state index in [4.69, 9.17) is 51.8 Å². The van der Waals surface area contributed by atoms with Crippen LogP contribution in [0.3, 0.4) is 0 Å². The molecule has 3 rings (SSSR count). The lowest BCUT2D eigenvalue weighted by atomic mass is 9.95. The summed E-state index contributed by atoms with van der Waals surface area (Å²) in [5.74, 6) is 0.0403. The monoisotopic (exact) mass is 541 g/mol. The van der Waals surface area contributed by atoms with Gasteiger partial charge in [0, 0.05) is 23.2 Å². The van der Waals surface area contributed by atoms with Gasteiger partial charge in [-0.05, 0) is 67.9 Å². The molecule has 0 radical (unpaired) electrons. The van der Waals surface area contributed by atoms with E-state index in [1.165, 1.54) is 6.42 Å². The third kappa shape index (κ3) is 8.31. The number of hydrogen-bond acceptors (Lipinski definition) is 4. The number of amides is 2. The Morgan fingerprint density at radius 3 is 2.50 bits per heavy atom. The van der Waals surface area contributed by atoms with Gasteiger partial charge in [-0.3, -0.25) is 9.59 Å². The molecule has 6 nitrogen and oxygen atoms in total. The van der Waals surface area contributed by atoms with Gasteiger partial charge in [0.25, 0.3) is 5.91 Å². The molecule has 2 amide bonds. The number of nitrogens with one attached hydrogen (secondary N) is 3. The Labute approximate surface area is 219 Å². The highest BCUT2D eigenvalue weighted by atomic mass is 35.5. The highest BCUT2D eigenvalue weighted by molar-refractivity contribution is 7.80. The van der Waals surface area contributed by atoms with Crippen LogP contribution in [0, 0.1) is 0 Å². The number of benzene rings is 2. The SMILES string of the molecule is O=C(CCCOc1ccc(Cl)cc1Cl)NC(=S)Nc1ccc(Cl)c(C(=O)NC2CCCCC2)c1. The summed E-state index contributed by atoms with van der Waals surface area (Å²) in [6, 6.07) is 10.1. The van der Waals surface area contributed by atoms with Crippen molar-refractivity contribution in [1.82, 2.24) is 10.6 Å². The van der Waals surface area contributed by atoms with Crippen molar-refractivity contribution in [3.63, 3.8) is 0 Å². The molecule has 1 aliphatic rings. The number of ether oxygens (including phenoxy) is 1. The van der Waals surface area contributed by atoms with E-state index in [1.807, 2.05) is 0 Å². The normalized spacial score (nSPS) is 13.7. The molecule has 0 heterocycles. The summed E-state index contributed by atoms with van der Waals surface area (Å²) in [5, 5.41) is 10.0. The average molecular weight is 543 g/mol. The fourth-order valence-corrected chi connectivity index (χ4v) is 4.54. The van der Waals surface area contributed by atoms with Crippen molar-refractivity contribution in [2.45, 2.75) is 51.0 Å². The Bertz CT molecular complexity index is 1050. The zero-order valence-electron chi connectivity index (χ0n) is 18.5. The molecular formula is C24H26Cl3N3O3S. The Balaban J connectivity index is 1.44. The van der Waals surface area contributed by atoms with Gasteiger partial charge in [0.1, 0.15) is 5.75 Å². The van der Waals surface area contributed by atoms with E-state index >= 15 is 0 Å². The molecule has 0 bridgehead atoms. The quantitative estimate of drug-likeness (QED) is 0.266. The van der Waals surface area contributed by atoms with Gasteiger partial charge in [-0.25, -0.2) is 0 Å². The van der Waals surface area contributed by atoms with E-state index in [9.17, 15) is 9.59 Å². The van der Waals surface area contributed by atoms with Gasteiger partial charge in [0.15, 0.2) is 5.11 Å². The van der Waals surface area contributed by atoms with Gasteiger partial charge in [-0.1, -0.05) is 54.1 Å². The van der Waals surface area contributed by atoms with Gasteiger partial charge in [-0.15, -0.1) is 0 Å². The molecule has 3 N–H and O–H groups in total. The summed E-state index contributed by atoms with van der Waals surface area (Å²) in [5.41, 5.74) is 0.925. The minimum absolute atomic E-state index is 0.132. The molecule has 0 unspecified atom stereocenters. The number of rotatable bonds is 8. The maximum Gasteiger partial charge on any atom is 0.253 e. The van der Waals surface area contributed by atoms with Crippen LogP contribution in [0.2, 0.25) is 15.1 Å². The van der Waals surface area contributed by atoms with Gasteiger partial charge in [0.05, 0.1) is 22.2 Å². The molecule has 34 heavy (non-hydrogen) atoms. The van der Waals surface area contributed by atoms with Gasteiger partial charge < -0.3 is 20.7 Å². The van der Waals surface area contributed by atoms with Crippen molar-refractivity contribution < 1.29 is 14.3 Å². The van der Waals surface area contributed by atoms with Crippen molar-refractivity contribution in [1.29, 1.82) is 0 Å². The average Bonchev–Trinajstić information content (AvgIpc) is 2.79. The number of hydrogen-bond donors (Lipinski definition) is 3. The number of anilines is 1. The summed E-state index contributed by atoms with van der Waals surface area (Å²) >= 11 is 23.4. The van der Waals surface area contributed by atoms with Crippen LogP contribution in [0.25, 0.3) is 0 Å². The predicted molar refractivity (Wildman–Crippen MR) is 141 cm³/mol. The first-order chi connectivity index (χ1) is 16.3. The second-order valence-electron chi connectivity index (χ2n) is 8.03. The molecule has 0 spiro atoms. The van der Waals surface area contributed by atoms with Crippen LogP contribution in [0.5, 0.6) is 5.75 Å². The molecule has 1 fully saturated rings. The lowest BCUT2D eigenvalue weighted by Crippen LogP contribution is -2.36. The number of carbonyl (C=O) groups is 2. The van der Waals surface area contributed by atoms with Crippen LogP contribution < -0.4 is 20.7 Å². The Morgan fingerprint density at radius 2 is 1.76 bits per heavy atom. The molecular weight excluding hydrogens is 517 g/mol. The van der Waals surface area contributed by atoms with Gasteiger partial charge >= 0.3 is 0 Å². The molecule has 2 aromatic rings. The van der Waals surface area contributed by atoms with E-state index in [-0.39, 0.29) is 29.4 Å². The molecule has 2 aromatic carbocycles. The van der Waals surface area contributed by atoms with E-state index < -0.39 is 0 Å². The highest BCUT2D eigenvalue weighted by Gasteiger charge is 2.19. The van der Waals surface area contributed by atoms with Crippen LogP contribution in [0.4, 0.5) is 5.69 Å². The van der Waals surface area contributed by atoms with Gasteiger partial charge in [0.2, 0.25) is 5.91 Å². The van der Waals surface area contributed by atoms with Crippen LogP contribution in [-0.4, -0.2) is 29.6 Å². The smallest absolute Gasteiger partial charge is 0.253 e. The van der Waals surface area contributed by atoms with Crippen LogP contribution in [0.15, 0.2) is 36.4 Å². The van der Waals surface area contributed by atoms with E-state index in [0.717, 1.165) is 25.7 Å². The summed E-state index contributed by atoms with van der Waals surface area (Å²) in [4.78, 5) is 24.9. The zero-order valence-corrected chi connectivity index (χ0v) is 21.5. The lowest BCUT2D eigenvalue weighted by Gasteiger charge is -2.23. The highest BCUT2D eigenvalue weighted by Crippen LogP contribution is 2.27. The second kappa shape index (κ2) is 13.1.